The number of nitrogens with one attached hydrogen (secondary N) is 1. The number of piperidine rings is 1. The molecule has 1 fully saturated rings. The minimum absolute atomic E-state index is 0.266. The van der Waals surface area contributed by atoms with Crippen molar-refractivity contribution in [1.29, 1.82) is 0 Å². The second-order valence-electron chi connectivity index (χ2n) is 5.36. The average molecular weight is 300 g/mol. The molecule has 1 aromatic heterocycles. The Morgan fingerprint density at radius 1 is 1.50 bits per heavy atom. The van der Waals surface area contributed by atoms with Crippen molar-refractivity contribution in [3.05, 3.63) is 12.4 Å². The molecule has 6 nitrogen and oxygen atoms in total. The van der Waals surface area contributed by atoms with Gasteiger partial charge < -0.3 is 5.32 Å². The minimum Gasteiger partial charge on any atom is -0.313 e. The summed E-state index contributed by atoms with van der Waals surface area (Å²) in [5.74, 6) is 0. The molecule has 114 valence electrons. The molecule has 1 aromatic rings. The second kappa shape index (κ2) is 6.69. The van der Waals surface area contributed by atoms with E-state index >= 15 is 0 Å². The molecule has 1 aliphatic heterocycles. The summed E-state index contributed by atoms with van der Waals surface area (Å²) < 4.78 is 28.4. The molecule has 1 N–H and O–H groups in total. The van der Waals surface area contributed by atoms with E-state index in [9.17, 15) is 8.42 Å². The third-order valence-electron chi connectivity index (χ3n) is 3.63. The Morgan fingerprint density at radius 2 is 2.30 bits per heavy atom. The van der Waals surface area contributed by atoms with Gasteiger partial charge in [0.2, 0.25) is 10.0 Å². The molecule has 1 unspecified atom stereocenters. The van der Waals surface area contributed by atoms with E-state index in [1.807, 2.05) is 6.92 Å². The number of nitrogens with zero attached hydrogens (tertiary/aromatic N) is 3. The monoisotopic (exact) mass is 300 g/mol. The van der Waals surface area contributed by atoms with Crippen LogP contribution in [-0.4, -0.2) is 48.2 Å². The van der Waals surface area contributed by atoms with Crippen LogP contribution < -0.4 is 5.32 Å². The third-order valence-corrected chi connectivity index (χ3v) is 5.45. The minimum atomic E-state index is -3.43. The van der Waals surface area contributed by atoms with Crippen molar-refractivity contribution >= 4 is 10.0 Å². The molecule has 1 saturated heterocycles. The van der Waals surface area contributed by atoms with Crippen molar-refractivity contribution in [2.75, 3.05) is 19.6 Å². The number of rotatable bonds is 6. The van der Waals surface area contributed by atoms with Gasteiger partial charge in [-0.3, -0.25) is 4.68 Å². The van der Waals surface area contributed by atoms with Gasteiger partial charge in [0, 0.05) is 32.4 Å². The summed E-state index contributed by atoms with van der Waals surface area (Å²) in [6.45, 7) is 4.08. The van der Waals surface area contributed by atoms with E-state index in [4.69, 9.17) is 0 Å². The topological polar surface area (TPSA) is 67.2 Å². The summed E-state index contributed by atoms with van der Waals surface area (Å²) in [6.07, 6.45) is 7.19. The number of aryl methyl sites for hydroxylation is 1. The molecule has 0 saturated carbocycles. The lowest BCUT2D eigenvalue weighted by Gasteiger charge is -2.29. The predicted molar refractivity (Wildman–Crippen MR) is 77.9 cm³/mol. The van der Waals surface area contributed by atoms with Crippen LogP contribution in [0, 0.1) is 0 Å². The second-order valence-corrected chi connectivity index (χ2v) is 7.30. The van der Waals surface area contributed by atoms with Crippen LogP contribution in [-0.2, 0) is 17.1 Å². The summed E-state index contributed by atoms with van der Waals surface area (Å²) in [7, 11) is -1.70. The van der Waals surface area contributed by atoms with E-state index in [1.54, 1.807) is 17.5 Å². The molecule has 2 rings (SSSR count). The molecule has 1 atom stereocenters. The van der Waals surface area contributed by atoms with Gasteiger partial charge >= 0.3 is 0 Å². The highest BCUT2D eigenvalue weighted by Gasteiger charge is 2.28. The number of aromatic nitrogens is 2. The molecule has 2 heterocycles. The number of hydrogen-bond donors (Lipinski definition) is 1. The Labute approximate surface area is 121 Å². The molecule has 0 aromatic carbocycles. The van der Waals surface area contributed by atoms with Gasteiger partial charge in [-0.05, 0) is 25.8 Å². The fraction of sp³-hybridized carbons (Fsp3) is 0.769. The Morgan fingerprint density at radius 3 is 2.85 bits per heavy atom. The predicted octanol–water partition coefficient (Wildman–Crippen LogP) is 0.963. The first kappa shape index (κ1) is 15.5. The van der Waals surface area contributed by atoms with Gasteiger partial charge in [-0.1, -0.05) is 13.3 Å². The molecular formula is C13H24N4O2S. The zero-order valence-electron chi connectivity index (χ0n) is 12.2. The van der Waals surface area contributed by atoms with Crippen molar-refractivity contribution in [2.24, 2.45) is 7.05 Å². The average Bonchev–Trinajstić information content (AvgIpc) is 2.87. The zero-order chi connectivity index (χ0) is 14.6. The van der Waals surface area contributed by atoms with Crippen molar-refractivity contribution in [2.45, 2.75) is 43.5 Å². The van der Waals surface area contributed by atoms with Crippen LogP contribution in [0.25, 0.3) is 0 Å². The van der Waals surface area contributed by atoms with E-state index in [-0.39, 0.29) is 10.9 Å². The smallest absolute Gasteiger partial charge is 0.246 e. The quantitative estimate of drug-likeness (QED) is 0.850. The van der Waals surface area contributed by atoms with E-state index in [2.05, 4.69) is 10.4 Å². The van der Waals surface area contributed by atoms with Crippen molar-refractivity contribution in [3.8, 4) is 0 Å². The maximum atomic E-state index is 12.7. The third kappa shape index (κ3) is 3.59. The molecule has 1 aliphatic rings. The SMILES string of the molecule is CCCN(CC1CCCCN1)S(=O)(=O)c1cnn(C)c1. The summed E-state index contributed by atoms with van der Waals surface area (Å²) in [5.41, 5.74) is 0. The van der Waals surface area contributed by atoms with E-state index in [0.29, 0.717) is 13.1 Å². The first-order valence-corrected chi connectivity index (χ1v) is 8.70. The highest BCUT2D eigenvalue weighted by molar-refractivity contribution is 7.89. The lowest BCUT2D eigenvalue weighted by atomic mass is 10.1. The molecule has 0 spiro atoms. The van der Waals surface area contributed by atoms with Crippen LogP contribution in [0.15, 0.2) is 17.3 Å². The summed E-state index contributed by atoms with van der Waals surface area (Å²) in [5, 5.41) is 7.38. The fourth-order valence-corrected chi connectivity index (χ4v) is 4.13. The van der Waals surface area contributed by atoms with E-state index in [0.717, 1.165) is 19.4 Å². The molecule has 7 heteroatoms. The molecule has 0 aliphatic carbocycles. The van der Waals surface area contributed by atoms with Crippen LogP contribution in [0.5, 0.6) is 0 Å². The lowest BCUT2D eigenvalue weighted by Crippen LogP contribution is -2.45. The first-order chi connectivity index (χ1) is 9.54. The maximum absolute atomic E-state index is 12.7. The van der Waals surface area contributed by atoms with Gasteiger partial charge in [0.1, 0.15) is 4.90 Å². The Kier molecular flexibility index (Phi) is 5.17. The molecular weight excluding hydrogens is 276 g/mol. The molecule has 0 amide bonds. The molecule has 20 heavy (non-hydrogen) atoms. The lowest BCUT2D eigenvalue weighted by molar-refractivity contribution is 0.312. The van der Waals surface area contributed by atoms with E-state index < -0.39 is 10.0 Å². The highest BCUT2D eigenvalue weighted by atomic mass is 32.2. The van der Waals surface area contributed by atoms with Crippen LogP contribution in [0.2, 0.25) is 0 Å². The van der Waals surface area contributed by atoms with Crippen molar-refractivity contribution in [3.63, 3.8) is 0 Å². The standard InChI is InChI=1S/C13H24N4O2S/c1-3-8-17(10-12-6-4-5-7-14-12)20(18,19)13-9-15-16(2)11-13/h9,11-12,14H,3-8,10H2,1-2H3. The van der Waals surface area contributed by atoms with Crippen molar-refractivity contribution in [1.82, 2.24) is 19.4 Å². The number of sulfonamides is 1. The molecule has 0 radical (unpaired) electrons. The van der Waals surface area contributed by atoms with Gasteiger partial charge in [0.05, 0.1) is 6.20 Å². The van der Waals surface area contributed by atoms with Crippen LogP contribution >= 0.6 is 0 Å². The van der Waals surface area contributed by atoms with Gasteiger partial charge in [-0.15, -0.1) is 0 Å². The first-order valence-electron chi connectivity index (χ1n) is 7.26. The Balaban J connectivity index is 2.14. The van der Waals surface area contributed by atoms with E-state index in [1.165, 1.54) is 23.7 Å². The summed E-state index contributed by atoms with van der Waals surface area (Å²) in [6, 6.07) is 0.266. The fourth-order valence-electron chi connectivity index (χ4n) is 2.57. The summed E-state index contributed by atoms with van der Waals surface area (Å²) >= 11 is 0. The van der Waals surface area contributed by atoms with Crippen LogP contribution in [0.3, 0.4) is 0 Å². The van der Waals surface area contributed by atoms with Gasteiger partial charge in [-0.2, -0.15) is 9.40 Å². The highest BCUT2D eigenvalue weighted by Crippen LogP contribution is 2.17. The molecule has 0 bridgehead atoms. The van der Waals surface area contributed by atoms with Gasteiger partial charge in [0.15, 0.2) is 0 Å². The van der Waals surface area contributed by atoms with Gasteiger partial charge in [0.25, 0.3) is 0 Å². The van der Waals surface area contributed by atoms with Crippen LogP contribution in [0.1, 0.15) is 32.6 Å². The summed E-state index contributed by atoms with van der Waals surface area (Å²) in [4.78, 5) is 0.282. The zero-order valence-corrected chi connectivity index (χ0v) is 13.1. The Hall–Kier alpha value is -0.920. The Bertz CT molecular complexity index is 520. The normalized spacial score (nSPS) is 20.4. The van der Waals surface area contributed by atoms with Crippen LogP contribution in [0.4, 0.5) is 0 Å². The largest absolute Gasteiger partial charge is 0.313 e. The van der Waals surface area contributed by atoms with Gasteiger partial charge in [-0.25, -0.2) is 8.42 Å². The maximum Gasteiger partial charge on any atom is 0.246 e. The number of hydrogen-bond acceptors (Lipinski definition) is 4. The van der Waals surface area contributed by atoms with Crippen molar-refractivity contribution < 1.29 is 8.42 Å².